The highest BCUT2D eigenvalue weighted by Crippen LogP contribution is 2.32. The number of nitrogens with one attached hydrogen (secondary N) is 1. The van der Waals surface area contributed by atoms with Gasteiger partial charge in [-0.05, 0) is 56.8 Å². The van der Waals surface area contributed by atoms with E-state index in [4.69, 9.17) is 5.73 Å². The average molecular weight is 339 g/mol. The third kappa shape index (κ3) is 3.41. The van der Waals surface area contributed by atoms with Crippen LogP contribution in [0.4, 0.5) is 0 Å². The molecule has 0 aliphatic heterocycles. The molecule has 0 radical (unpaired) electrons. The lowest BCUT2D eigenvalue weighted by atomic mass is 9.90. The fourth-order valence-corrected chi connectivity index (χ4v) is 3.27. The molecule has 1 saturated carbocycles. The van der Waals surface area contributed by atoms with E-state index in [0.717, 1.165) is 29.3 Å². The highest BCUT2D eigenvalue weighted by molar-refractivity contribution is 9.10. The molecule has 110 valence electrons. The largest absolute Gasteiger partial charge is 0.347 e. The van der Waals surface area contributed by atoms with Gasteiger partial charge >= 0.3 is 0 Å². The van der Waals surface area contributed by atoms with Crippen molar-refractivity contribution in [3.05, 3.63) is 34.3 Å². The van der Waals surface area contributed by atoms with Crippen LogP contribution in [-0.4, -0.2) is 12.5 Å². The molecule has 2 unspecified atom stereocenters. The Kier molecular flexibility index (Phi) is 4.86. The number of halogens is 1. The van der Waals surface area contributed by atoms with Gasteiger partial charge in [-0.25, -0.2) is 0 Å². The first-order valence-corrected chi connectivity index (χ1v) is 8.01. The van der Waals surface area contributed by atoms with Crippen LogP contribution in [0.5, 0.6) is 0 Å². The summed E-state index contributed by atoms with van der Waals surface area (Å²) in [5.41, 5.74) is 6.51. The Hall–Kier alpha value is -0.870. The number of carbonyl (C=O) groups excluding carboxylic acids is 1. The Bertz CT molecular complexity index is 470. The van der Waals surface area contributed by atoms with Crippen molar-refractivity contribution >= 4 is 21.8 Å². The maximum atomic E-state index is 12.5. The molecule has 1 fully saturated rings. The number of hydrogen-bond donors (Lipinski definition) is 2. The van der Waals surface area contributed by atoms with Crippen molar-refractivity contribution < 1.29 is 4.79 Å². The lowest BCUT2D eigenvalue weighted by Crippen LogP contribution is -2.45. The number of rotatable bonds is 4. The molecule has 0 spiro atoms. The van der Waals surface area contributed by atoms with Crippen molar-refractivity contribution in [1.29, 1.82) is 0 Å². The molecule has 0 aromatic heterocycles. The van der Waals surface area contributed by atoms with Crippen LogP contribution < -0.4 is 11.1 Å². The fourth-order valence-electron chi connectivity index (χ4n) is 3.00. The average Bonchev–Trinajstić information content (AvgIpc) is 2.87. The molecular formula is C16H23BrN2O. The van der Waals surface area contributed by atoms with Gasteiger partial charge in [-0.1, -0.05) is 34.5 Å². The summed E-state index contributed by atoms with van der Waals surface area (Å²) in [6.07, 6.45) is 3.15. The predicted molar refractivity (Wildman–Crippen MR) is 85.2 cm³/mol. The Morgan fingerprint density at radius 3 is 2.60 bits per heavy atom. The summed E-state index contributed by atoms with van der Waals surface area (Å²) in [7, 11) is 0. The molecule has 1 aromatic carbocycles. The minimum absolute atomic E-state index is 0.0784. The topological polar surface area (TPSA) is 55.1 Å². The first kappa shape index (κ1) is 15.5. The van der Waals surface area contributed by atoms with Gasteiger partial charge in [0, 0.05) is 10.4 Å². The summed E-state index contributed by atoms with van der Waals surface area (Å²) >= 11 is 3.43. The molecule has 2 atom stereocenters. The number of amides is 1. The Morgan fingerprint density at radius 2 is 2.00 bits per heavy atom. The van der Waals surface area contributed by atoms with Gasteiger partial charge in [0.25, 0.3) is 0 Å². The standard InChI is InChI=1S/C16H23BrN2O/c1-16(2,12-6-8-13(17)9-7-12)19-15(20)14-5-3-4-11(14)10-18/h6-9,11,14H,3-5,10,18H2,1-2H3,(H,19,20). The summed E-state index contributed by atoms with van der Waals surface area (Å²) < 4.78 is 1.04. The number of hydrogen-bond acceptors (Lipinski definition) is 2. The number of carbonyl (C=O) groups is 1. The Morgan fingerprint density at radius 1 is 1.35 bits per heavy atom. The molecule has 1 aliphatic rings. The van der Waals surface area contributed by atoms with Gasteiger partial charge in [0.2, 0.25) is 5.91 Å². The van der Waals surface area contributed by atoms with Crippen LogP contribution in [0.25, 0.3) is 0 Å². The molecule has 2 rings (SSSR count). The van der Waals surface area contributed by atoms with E-state index in [9.17, 15) is 4.79 Å². The second-order valence-corrected chi connectivity index (χ2v) is 7.07. The fraction of sp³-hybridized carbons (Fsp3) is 0.562. The SMILES string of the molecule is CC(C)(NC(=O)C1CCCC1CN)c1ccc(Br)cc1. The zero-order chi connectivity index (χ0) is 14.8. The lowest BCUT2D eigenvalue weighted by Gasteiger charge is -2.30. The summed E-state index contributed by atoms with van der Waals surface area (Å²) in [4.78, 5) is 12.5. The van der Waals surface area contributed by atoms with Crippen LogP contribution in [0.3, 0.4) is 0 Å². The minimum Gasteiger partial charge on any atom is -0.347 e. The summed E-state index contributed by atoms with van der Waals surface area (Å²) in [6.45, 7) is 4.69. The molecule has 3 N–H and O–H groups in total. The van der Waals surface area contributed by atoms with E-state index < -0.39 is 0 Å². The third-order valence-corrected chi connectivity index (χ3v) is 4.83. The van der Waals surface area contributed by atoms with Gasteiger partial charge in [-0.2, -0.15) is 0 Å². The highest BCUT2D eigenvalue weighted by atomic mass is 79.9. The summed E-state index contributed by atoms with van der Waals surface area (Å²) in [5.74, 6) is 0.566. The molecule has 1 aliphatic carbocycles. The summed E-state index contributed by atoms with van der Waals surface area (Å²) in [6, 6.07) is 8.09. The van der Waals surface area contributed by atoms with E-state index in [2.05, 4.69) is 21.2 Å². The quantitative estimate of drug-likeness (QED) is 0.885. The zero-order valence-corrected chi connectivity index (χ0v) is 13.7. The molecule has 0 bridgehead atoms. The van der Waals surface area contributed by atoms with E-state index in [0.29, 0.717) is 12.5 Å². The van der Waals surface area contributed by atoms with Crippen molar-refractivity contribution in [2.24, 2.45) is 17.6 Å². The van der Waals surface area contributed by atoms with E-state index in [1.54, 1.807) is 0 Å². The molecular weight excluding hydrogens is 316 g/mol. The van der Waals surface area contributed by atoms with Crippen molar-refractivity contribution in [3.8, 4) is 0 Å². The van der Waals surface area contributed by atoms with E-state index in [1.165, 1.54) is 0 Å². The lowest BCUT2D eigenvalue weighted by molar-refractivity contribution is -0.127. The van der Waals surface area contributed by atoms with Gasteiger partial charge in [0.05, 0.1) is 5.54 Å². The molecule has 3 nitrogen and oxygen atoms in total. The monoisotopic (exact) mass is 338 g/mol. The predicted octanol–water partition coefficient (Wildman–Crippen LogP) is 3.18. The van der Waals surface area contributed by atoms with Crippen LogP contribution >= 0.6 is 15.9 Å². The van der Waals surface area contributed by atoms with E-state index in [1.807, 2.05) is 38.1 Å². The Labute approximate surface area is 129 Å². The minimum atomic E-state index is -0.362. The number of benzene rings is 1. The van der Waals surface area contributed by atoms with Crippen molar-refractivity contribution in [1.82, 2.24) is 5.32 Å². The van der Waals surface area contributed by atoms with Gasteiger partial charge in [-0.3, -0.25) is 4.79 Å². The smallest absolute Gasteiger partial charge is 0.224 e. The molecule has 1 amide bonds. The van der Waals surface area contributed by atoms with Crippen LogP contribution in [-0.2, 0) is 10.3 Å². The van der Waals surface area contributed by atoms with Crippen LogP contribution in [0, 0.1) is 11.8 Å². The highest BCUT2D eigenvalue weighted by Gasteiger charge is 2.34. The summed E-state index contributed by atoms with van der Waals surface area (Å²) in [5, 5.41) is 3.19. The first-order chi connectivity index (χ1) is 9.44. The first-order valence-electron chi connectivity index (χ1n) is 7.22. The van der Waals surface area contributed by atoms with Crippen LogP contribution in [0.1, 0.15) is 38.7 Å². The maximum absolute atomic E-state index is 12.5. The van der Waals surface area contributed by atoms with Crippen LogP contribution in [0.15, 0.2) is 28.7 Å². The Balaban J connectivity index is 2.07. The van der Waals surface area contributed by atoms with E-state index >= 15 is 0 Å². The van der Waals surface area contributed by atoms with E-state index in [-0.39, 0.29) is 17.4 Å². The normalized spacial score (nSPS) is 22.8. The van der Waals surface area contributed by atoms with Gasteiger partial charge in [-0.15, -0.1) is 0 Å². The molecule has 0 heterocycles. The molecule has 20 heavy (non-hydrogen) atoms. The van der Waals surface area contributed by atoms with Crippen LogP contribution in [0.2, 0.25) is 0 Å². The second-order valence-electron chi connectivity index (χ2n) is 6.15. The van der Waals surface area contributed by atoms with Gasteiger partial charge < -0.3 is 11.1 Å². The molecule has 0 saturated heterocycles. The molecule has 1 aromatic rings. The third-order valence-electron chi connectivity index (χ3n) is 4.30. The van der Waals surface area contributed by atoms with Gasteiger partial charge in [0.15, 0.2) is 0 Å². The maximum Gasteiger partial charge on any atom is 0.224 e. The number of nitrogens with two attached hydrogens (primary N) is 1. The van der Waals surface area contributed by atoms with Crippen molar-refractivity contribution in [2.45, 2.75) is 38.6 Å². The van der Waals surface area contributed by atoms with Crippen molar-refractivity contribution in [3.63, 3.8) is 0 Å². The van der Waals surface area contributed by atoms with Crippen molar-refractivity contribution in [2.75, 3.05) is 6.54 Å². The zero-order valence-electron chi connectivity index (χ0n) is 12.2. The molecule has 4 heteroatoms. The van der Waals surface area contributed by atoms with Gasteiger partial charge in [0.1, 0.15) is 0 Å². The second kappa shape index (κ2) is 6.27.